The third kappa shape index (κ3) is 5.78. The van der Waals surface area contributed by atoms with Gasteiger partial charge in [-0.2, -0.15) is 13.2 Å². The molecule has 2 aromatic carbocycles. The third-order valence-corrected chi connectivity index (χ3v) is 6.54. The van der Waals surface area contributed by atoms with E-state index in [4.69, 9.17) is 0 Å². The van der Waals surface area contributed by atoms with Crippen molar-refractivity contribution in [2.75, 3.05) is 17.8 Å². The molecule has 1 aliphatic heterocycles. The van der Waals surface area contributed by atoms with Gasteiger partial charge in [0.2, 0.25) is 5.91 Å². The van der Waals surface area contributed by atoms with Crippen LogP contribution in [0.15, 0.2) is 53.4 Å². The zero-order chi connectivity index (χ0) is 23.5. The molecule has 0 aromatic heterocycles. The van der Waals surface area contributed by atoms with Gasteiger partial charge >= 0.3 is 6.18 Å². The van der Waals surface area contributed by atoms with Crippen LogP contribution in [-0.4, -0.2) is 44.3 Å². The lowest BCUT2D eigenvalue weighted by atomic mass is 10.0. The molecule has 0 bridgehead atoms. The first-order chi connectivity index (χ1) is 15.0. The SMILES string of the molecule is CC(=O)N1CCC(NC(=O)c2ccc(S(=O)(=O)Nc3cccc(C(F)(F)F)c3)cc2)CC1. The van der Waals surface area contributed by atoms with Crippen LogP contribution in [0.25, 0.3) is 0 Å². The molecular formula is C21H22F3N3O4S. The number of rotatable bonds is 5. The van der Waals surface area contributed by atoms with Crippen LogP contribution >= 0.6 is 0 Å². The van der Waals surface area contributed by atoms with E-state index in [0.29, 0.717) is 32.0 Å². The van der Waals surface area contributed by atoms with Crippen LogP contribution in [0.2, 0.25) is 0 Å². The minimum absolute atomic E-state index is 0.00897. The van der Waals surface area contributed by atoms with Crippen LogP contribution in [0, 0.1) is 0 Å². The summed E-state index contributed by atoms with van der Waals surface area (Å²) >= 11 is 0. The van der Waals surface area contributed by atoms with E-state index < -0.39 is 21.8 Å². The van der Waals surface area contributed by atoms with Gasteiger partial charge in [0.1, 0.15) is 0 Å². The molecule has 172 valence electrons. The highest BCUT2D eigenvalue weighted by Gasteiger charge is 2.31. The highest BCUT2D eigenvalue weighted by Crippen LogP contribution is 2.31. The van der Waals surface area contributed by atoms with Crippen LogP contribution < -0.4 is 10.0 Å². The Morgan fingerprint density at radius 1 is 1.03 bits per heavy atom. The Labute approximate surface area is 183 Å². The van der Waals surface area contributed by atoms with Crippen molar-refractivity contribution in [3.8, 4) is 0 Å². The second-order valence-electron chi connectivity index (χ2n) is 7.46. The van der Waals surface area contributed by atoms with E-state index in [2.05, 4.69) is 10.0 Å². The van der Waals surface area contributed by atoms with E-state index in [9.17, 15) is 31.2 Å². The standard InChI is InChI=1S/C21H22F3N3O4S/c1-14(28)27-11-9-17(10-12-27)25-20(29)15-5-7-19(8-6-15)32(30,31)26-18-4-2-3-16(13-18)21(22,23)24/h2-8,13,17,26H,9-12H2,1H3,(H,25,29). The van der Waals surface area contributed by atoms with Crippen molar-refractivity contribution in [3.05, 3.63) is 59.7 Å². The summed E-state index contributed by atoms with van der Waals surface area (Å²) in [6.07, 6.45) is -3.35. The lowest BCUT2D eigenvalue weighted by molar-refractivity contribution is -0.137. The van der Waals surface area contributed by atoms with Crippen molar-refractivity contribution in [2.24, 2.45) is 0 Å². The molecule has 1 saturated heterocycles. The molecule has 7 nitrogen and oxygen atoms in total. The maximum absolute atomic E-state index is 12.8. The number of likely N-dealkylation sites (tertiary alicyclic amines) is 1. The van der Waals surface area contributed by atoms with Gasteiger partial charge in [-0.3, -0.25) is 14.3 Å². The monoisotopic (exact) mass is 469 g/mol. The van der Waals surface area contributed by atoms with Crippen LogP contribution in [0.5, 0.6) is 0 Å². The zero-order valence-corrected chi connectivity index (χ0v) is 18.0. The lowest BCUT2D eigenvalue weighted by Crippen LogP contribution is -2.46. The van der Waals surface area contributed by atoms with Crippen LogP contribution in [-0.2, 0) is 21.0 Å². The van der Waals surface area contributed by atoms with Crippen LogP contribution in [0.1, 0.15) is 35.7 Å². The van der Waals surface area contributed by atoms with Crippen LogP contribution in [0.3, 0.4) is 0 Å². The Hall–Kier alpha value is -3.08. The Balaban J connectivity index is 1.64. The molecule has 2 N–H and O–H groups in total. The second-order valence-corrected chi connectivity index (χ2v) is 9.14. The smallest absolute Gasteiger partial charge is 0.349 e. The Morgan fingerprint density at radius 3 is 2.22 bits per heavy atom. The molecule has 0 saturated carbocycles. The number of amides is 2. The van der Waals surface area contributed by atoms with Gasteiger partial charge in [-0.05, 0) is 55.3 Å². The van der Waals surface area contributed by atoms with Gasteiger partial charge in [0.05, 0.1) is 10.5 Å². The second kappa shape index (κ2) is 9.19. The fourth-order valence-corrected chi connectivity index (χ4v) is 4.42. The number of hydrogen-bond donors (Lipinski definition) is 2. The number of carbonyl (C=O) groups is 2. The summed E-state index contributed by atoms with van der Waals surface area (Å²) < 4.78 is 65.7. The van der Waals surface area contributed by atoms with Crippen molar-refractivity contribution >= 4 is 27.5 Å². The number of anilines is 1. The van der Waals surface area contributed by atoms with Gasteiger partial charge in [0.25, 0.3) is 15.9 Å². The first-order valence-electron chi connectivity index (χ1n) is 9.82. The number of hydrogen-bond acceptors (Lipinski definition) is 4. The molecule has 3 rings (SSSR count). The summed E-state index contributed by atoms with van der Waals surface area (Å²) in [6.45, 7) is 2.60. The minimum atomic E-state index is -4.60. The predicted octanol–water partition coefficient (Wildman–Crippen LogP) is 3.25. The maximum Gasteiger partial charge on any atom is 0.416 e. The number of alkyl halides is 3. The van der Waals surface area contributed by atoms with Gasteiger partial charge in [0.15, 0.2) is 0 Å². The average Bonchev–Trinajstić information content (AvgIpc) is 2.73. The molecule has 0 unspecified atom stereocenters. The summed E-state index contributed by atoms with van der Waals surface area (Å²) in [5.74, 6) is -0.383. The number of piperidine rings is 1. The molecule has 1 aliphatic rings. The normalized spacial score (nSPS) is 15.3. The Morgan fingerprint density at radius 2 is 1.66 bits per heavy atom. The van der Waals surface area contributed by atoms with E-state index in [-0.39, 0.29) is 34.0 Å². The highest BCUT2D eigenvalue weighted by molar-refractivity contribution is 7.92. The summed E-state index contributed by atoms with van der Waals surface area (Å²) in [5, 5.41) is 2.86. The third-order valence-electron chi connectivity index (χ3n) is 5.14. The van der Waals surface area contributed by atoms with Gasteiger partial charge in [-0.25, -0.2) is 8.42 Å². The largest absolute Gasteiger partial charge is 0.416 e. The topological polar surface area (TPSA) is 95.6 Å². The maximum atomic E-state index is 12.8. The Bertz CT molecular complexity index is 1090. The van der Waals surface area contributed by atoms with E-state index >= 15 is 0 Å². The zero-order valence-electron chi connectivity index (χ0n) is 17.1. The number of nitrogens with zero attached hydrogens (tertiary/aromatic N) is 1. The fourth-order valence-electron chi connectivity index (χ4n) is 3.37. The van der Waals surface area contributed by atoms with E-state index in [1.807, 2.05) is 0 Å². The number of benzene rings is 2. The summed E-state index contributed by atoms with van der Waals surface area (Å²) in [4.78, 5) is 25.3. The number of carbonyl (C=O) groups excluding carboxylic acids is 2. The molecule has 2 aromatic rings. The number of sulfonamides is 1. The highest BCUT2D eigenvalue weighted by atomic mass is 32.2. The molecule has 0 aliphatic carbocycles. The lowest BCUT2D eigenvalue weighted by Gasteiger charge is -2.31. The number of halogens is 3. The van der Waals surface area contributed by atoms with Gasteiger partial charge in [-0.15, -0.1) is 0 Å². The predicted molar refractivity (Wildman–Crippen MR) is 111 cm³/mol. The molecular weight excluding hydrogens is 447 g/mol. The molecule has 1 fully saturated rings. The van der Waals surface area contributed by atoms with Gasteiger partial charge < -0.3 is 10.2 Å². The fraction of sp³-hybridized carbons (Fsp3) is 0.333. The number of nitrogens with one attached hydrogen (secondary N) is 2. The average molecular weight is 469 g/mol. The molecule has 0 atom stereocenters. The van der Waals surface area contributed by atoms with Crippen molar-refractivity contribution < 1.29 is 31.2 Å². The summed E-state index contributed by atoms with van der Waals surface area (Å²) in [5.41, 5.74) is -0.950. The molecule has 2 amide bonds. The van der Waals surface area contributed by atoms with Crippen molar-refractivity contribution in [1.29, 1.82) is 0 Å². The molecule has 32 heavy (non-hydrogen) atoms. The Kier molecular flexibility index (Phi) is 6.77. The summed E-state index contributed by atoms with van der Waals surface area (Å²) in [6, 6.07) is 8.87. The molecule has 0 radical (unpaired) electrons. The van der Waals surface area contributed by atoms with E-state index in [1.165, 1.54) is 37.3 Å². The minimum Gasteiger partial charge on any atom is -0.349 e. The quantitative estimate of drug-likeness (QED) is 0.703. The molecule has 0 spiro atoms. The van der Waals surface area contributed by atoms with Gasteiger partial charge in [-0.1, -0.05) is 6.07 Å². The summed E-state index contributed by atoms with van der Waals surface area (Å²) in [7, 11) is -4.15. The van der Waals surface area contributed by atoms with Gasteiger partial charge in [0, 0.05) is 37.3 Å². The first-order valence-corrected chi connectivity index (χ1v) is 11.3. The van der Waals surface area contributed by atoms with Crippen LogP contribution in [0.4, 0.5) is 18.9 Å². The van der Waals surface area contributed by atoms with E-state index in [0.717, 1.165) is 12.1 Å². The van der Waals surface area contributed by atoms with E-state index in [1.54, 1.807) is 4.90 Å². The molecule has 11 heteroatoms. The van der Waals surface area contributed by atoms with Crippen molar-refractivity contribution in [1.82, 2.24) is 10.2 Å². The van der Waals surface area contributed by atoms with Crippen molar-refractivity contribution in [2.45, 2.75) is 36.9 Å². The molecule has 1 heterocycles. The van der Waals surface area contributed by atoms with Crippen molar-refractivity contribution in [3.63, 3.8) is 0 Å². The first kappa shape index (κ1) is 23.6.